The Morgan fingerprint density at radius 1 is 1.13 bits per heavy atom. The molecule has 3 rings (SSSR count). The van der Waals surface area contributed by atoms with Crippen molar-refractivity contribution in [2.75, 3.05) is 19.4 Å². The highest BCUT2D eigenvalue weighted by atomic mass is 32.2. The van der Waals surface area contributed by atoms with Gasteiger partial charge >= 0.3 is 0 Å². The molecule has 0 aliphatic rings. The van der Waals surface area contributed by atoms with Gasteiger partial charge in [-0.1, -0.05) is 48.2 Å². The Hall–Kier alpha value is -3.00. The van der Waals surface area contributed by atoms with Gasteiger partial charge in [-0.2, -0.15) is 0 Å². The first-order valence-corrected chi connectivity index (χ1v) is 11.2. The Morgan fingerprint density at radius 3 is 2.68 bits per heavy atom. The summed E-state index contributed by atoms with van der Waals surface area (Å²) in [5, 5.41) is 12.1. The van der Waals surface area contributed by atoms with Crippen LogP contribution in [0.2, 0.25) is 0 Å². The standard InChI is InChI=1S/C23H28N4O3S/c1-4-27-21(15-30-19-11-10-17(2)14-20(19)29-3)25-26-23(27)31-16-22(28)24-13-12-18-8-6-5-7-9-18/h5-11,14H,4,12-13,15-16H2,1-3H3,(H,24,28). The summed E-state index contributed by atoms with van der Waals surface area (Å²) >= 11 is 1.38. The van der Waals surface area contributed by atoms with Gasteiger partial charge in [0.2, 0.25) is 5.91 Å². The SMILES string of the molecule is CCn1c(COc2ccc(C)cc2OC)nnc1SCC(=O)NCCc1ccccc1. The van der Waals surface area contributed by atoms with Crippen LogP contribution in [0.4, 0.5) is 0 Å². The van der Waals surface area contributed by atoms with E-state index in [1.165, 1.54) is 17.3 Å². The van der Waals surface area contributed by atoms with Crippen LogP contribution in [-0.4, -0.2) is 40.1 Å². The van der Waals surface area contributed by atoms with Gasteiger partial charge in [-0.15, -0.1) is 10.2 Å². The van der Waals surface area contributed by atoms with Gasteiger partial charge in [-0.05, 0) is 43.5 Å². The highest BCUT2D eigenvalue weighted by Crippen LogP contribution is 2.28. The molecular formula is C23H28N4O3S. The number of aromatic nitrogens is 3. The number of aryl methyl sites for hydroxylation is 1. The van der Waals surface area contributed by atoms with Crippen molar-refractivity contribution in [1.29, 1.82) is 0 Å². The molecule has 0 aliphatic carbocycles. The molecule has 1 heterocycles. The Morgan fingerprint density at radius 2 is 1.94 bits per heavy atom. The van der Waals surface area contributed by atoms with E-state index in [2.05, 4.69) is 27.6 Å². The van der Waals surface area contributed by atoms with Crippen molar-refractivity contribution in [3.63, 3.8) is 0 Å². The van der Waals surface area contributed by atoms with Crippen molar-refractivity contribution in [2.45, 2.75) is 38.6 Å². The predicted octanol–water partition coefficient (Wildman–Crippen LogP) is 3.65. The van der Waals surface area contributed by atoms with E-state index in [-0.39, 0.29) is 12.5 Å². The first-order valence-electron chi connectivity index (χ1n) is 10.2. The van der Waals surface area contributed by atoms with E-state index in [0.29, 0.717) is 41.3 Å². The predicted molar refractivity (Wildman–Crippen MR) is 122 cm³/mol. The Labute approximate surface area is 187 Å². The van der Waals surface area contributed by atoms with Crippen LogP contribution in [0.25, 0.3) is 0 Å². The van der Waals surface area contributed by atoms with Gasteiger partial charge in [-0.25, -0.2) is 0 Å². The summed E-state index contributed by atoms with van der Waals surface area (Å²) in [6, 6.07) is 15.9. The maximum Gasteiger partial charge on any atom is 0.230 e. The van der Waals surface area contributed by atoms with Crippen molar-refractivity contribution >= 4 is 17.7 Å². The normalized spacial score (nSPS) is 10.7. The van der Waals surface area contributed by atoms with Crippen LogP contribution >= 0.6 is 11.8 Å². The van der Waals surface area contributed by atoms with Crippen molar-refractivity contribution in [3.8, 4) is 11.5 Å². The minimum atomic E-state index is -0.0197. The second-order valence-corrected chi connectivity index (χ2v) is 7.90. The number of rotatable bonds is 11. The van der Waals surface area contributed by atoms with Crippen LogP contribution in [0.5, 0.6) is 11.5 Å². The molecule has 0 radical (unpaired) electrons. The number of hydrogen-bond donors (Lipinski definition) is 1. The zero-order valence-corrected chi connectivity index (χ0v) is 18.9. The molecule has 1 aromatic heterocycles. The molecule has 0 saturated heterocycles. The molecule has 0 fully saturated rings. The zero-order valence-electron chi connectivity index (χ0n) is 18.1. The van der Waals surface area contributed by atoms with Crippen molar-refractivity contribution in [1.82, 2.24) is 20.1 Å². The molecule has 0 bridgehead atoms. The first kappa shape index (κ1) is 22.7. The monoisotopic (exact) mass is 440 g/mol. The van der Waals surface area contributed by atoms with Crippen LogP contribution in [0.1, 0.15) is 23.9 Å². The van der Waals surface area contributed by atoms with Crippen molar-refractivity contribution < 1.29 is 14.3 Å². The zero-order chi connectivity index (χ0) is 22.1. The fraction of sp³-hybridized carbons (Fsp3) is 0.348. The molecule has 0 spiro atoms. The van der Waals surface area contributed by atoms with Crippen molar-refractivity contribution in [3.05, 3.63) is 65.5 Å². The number of nitrogens with zero attached hydrogens (tertiary/aromatic N) is 3. The number of methoxy groups -OCH3 is 1. The number of carbonyl (C=O) groups is 1. The average Bonchev–Trinajstić information content (AvgIpc) is 3.19. The van der Waals surface area contributed by atoms with Crippen molar-refractivity contribution in [2.24, 2.45) is 0 Å². The van der Waals surface area contributed by atoms with Crippen LogP contribution in [-0.2, 0) is 24.4 Å². The maximum atomic E-state index is 12.2. The molecular weight excluding hydrogens is 412 g/mol. The molecule has 31 heavy (non-hydrogen) atoms. The lowest BCUT2D eigenvalue weighted by Gasteiger charge is -2.12. The van der Waals surface area contributed by atoms with E-state index in [4.69, 9.17) is 9.47 Å². The fourth-order valence-electron chi connectivity index (χ4n) is 3.06. The summed E-state index contributed by atoms with van der Waals surface area (Å²) in [6.45, 7) is 5.59. The van der Waals surface area contributed by atoms with Gasteiger partial charge in [-0.3, -0.25) is 4.79 Å². The third-order valence-corrected chi connectivity index (χ3v) is 5.66. The van der Waals surface area contributed by atoms with E-state index >= 15 is 0 Å². The van der Waals surface area contributed by atoms with E-state index in [9.17, 15) is 4.79 Å². The van der Waals surface area contributed by atoms with Gasteiger partial charge in [0.1, 0.15) is 6.61 Å². The molecule has 8 heteroatoms. The highest BCUT2D eigenvalue weighted by Gasteiger charge is 2.14. The quantitative estimate of drug-likeness (QED) is 0.459. The number of benzene rings is 2. The molecule has 2 aromatic carbocycles. The third-order valence-electron chi connectivity index (χ3n) is 4.70. The average molecular weight is 441 g/mol. The second-order valence-electron chi connectivity index (χ2n) is 6.96. The summed E-state index contributed by atoms with van der Waals surface area (Å²) in [7, 11) is 1.62. The minimum absolute atomic E-state index is 0.0197. The van der Waals surface area contributed by atoms with Gasteiger partial charge in [0, 0.05) is 13.1 Å². The highest BCUT2D eigenvalue weighted by molar-refractivity contribution is 7.99. The first-order chi connectivity index (χ1) is 15.1. The topological polar surface area (TPSA) is 78.3 Å². The number of thioether (sulfide) groups is 1. The molecule has 1 amide bonds. The number of hydrogen-bond acceptors (Lipinski definition) is 6. The molecule has 0 aliphatic heterocycles. The van der Waals surface area contributed by atoms with Gasteiger partial charge in [0.15, 0.2) is 22.5 Å². The van der Waals surface area contributed by atoms with Gasteiger partial charge in [0.05, 0.1) is 12.9 Å². The molecule has 0 unspecified atom stereocenters. The minimum Gasteiger partial charge on any atom is -0.493 e. The lowest BCUT2D eigenvalue weighted by Crippen LogP contribution is -2.27. The molecule has 0 saturated carbocycles. The number of ether oxygens (including phenoxy) is 2. The lowest BCUT2D eigenvalue weighted by atomic mass is 10.1. The Kier molecular flexibility index (Phi) is 8.35. The fourth-order valence-corrected chi connectivity index (χ4v) is 3.91. The third kappa shape index (κ3) is 6.49. The molecule has 0 atom stereocenters. The maximum absolute atomic E-state index is 12.2. The number of carbonyl (C=O) groups excluding carboxylic acids is 1. The largest absolute Gasteiger partial charge is 0.493 e. The van der Waals surface area contributed by atoms with Gasteiger partial charge < -0.3 is 19.4 Å². The summed E-state index contributed by atoms with van der Waals surface area (Å²) in [5.74, 6) is 2.32. The molecule has 7 nitrogen and oxygen atoms in total. The summed E-state index contributed by atoms with van der Waals surface area (Å²) in [4.78, 5) is 12.2. The summed E-state index contributed by atoms with van der Waals surface area (Å²) < 4.78 is 13.3. The number of nitrogens with one attached hydrogen (secondary N) is 1. The molecule has 3 aromatic rings. The smallest absolute Gasteiger partial charge is 0.230 e. The molecule has 1 N–H and O–H groups in total. The number of amides is 1. The van der Waals surface area contributed by atoms with E-state index < -0.39 is 0 Å². The van der Waals surface area contributed by atoms with E-state index in [0.717, 1.165) is 12.0 Å². The van der Waals surface area contributed by atoms with Crippen LogP contribution in [0.3, 0.4) is 0 Å². The Balaban J connectivity index is 1.51. The van der Waals surface area contributed by atoms with E-state index in [1.807, 2.05) is 54.8 Å². The second kappa shape index (κ2) is 11.4. The summed E-state index contributed by atoms with van der Waals surface area (Å²) in [6.07, 6.45) is 0.812. The van der Waals surface area contributed by atoms with E-state index in [1.54, 1.807) is 7.11 Å². The van der Waals surface area contributed by atoms with Crippen LogP contribution in [0.15, 0.2) is 53.7 Å². The van der Waals surface area contributed by atoms with Crippen LogP contribution in [0, 0.1) is 6.92 Å². The molecule has 164 valence electrons. The summed E-state index contributed by atoms with van der Waals surface area (Å²) in [5.41, 5.74) is 2.30. The Bertz CT molecular complexity index is 992. The van der Waals surface area contributed by atoms with Crippen LogP contribution < -0.4 is 14.8 Å². The van der Waals surface area contributed by atoms with Gasteiger partial charge in [0.25, 0.3) is 0 Å². The lowest BCUT2D eigenvalue weighted by molar-refractivity contribution is -0.118.